The van der Waals surface area contributed by atoms with E-state index in [0.717, 1.165) is 5.56 Å². The van der Waals surface area contributed by atoms with E-state index >= 15 is 0 Å². The molecule has 0 aliphatic carbocycles. The van der Waals surface area contributed by atoms with Gasteiger partial charge in [-0.15, -0.1) is 0 Å². The summed E-state index contributed by atoms with van der Waals surface area (Å²) in [7, 11) is -4.24. The van der Waals surface area contributed by atoms with E-state index in [1.165, 1.54) is 12.4 Å². The van der Waals surface area contributed by atoms with Crippen LogP contribution in [0.5, 0.6) is 0 Å². The number of nitrogens with zero attached hydrogens (tertiary/aromatic N) is 1. The number of alkyl halides is 17. The molecule has 1 aromatic carbocycles. The maximum Gasteiger partial charge on any atom is 0.460 e. The fraction of sp³-hybridized carbons (Fsp3) is 0.676. The van der Waals surface area contributed by atoms with Gasteiger partial charge in [0.2, 0.25) is 0 Å². The quantitative estimate of drug-likeness (QED) is 0.0519. The van der Waals surface area contributed by atoms with Gasteiger partial charge in [0.15, 0.2) is 12.4 Å². The molecule has 0 fully saturated rings. The van der Waals surface area contributed by atoms with Crippen LogP contribution in [0.3, 0.4) is 0 Å². The normalized spacial score (nSPS) is 15.8. The van der Waals surface area contributed by atoms with Crippen LogP contribution in [0, 0.1) is 5.92 Å². The predicted molar refractivity (Wildman–Crippen MR) is 183 cm³/mol. The Labute approximate surface area is 339 Å². The highest BCUT2D eigenvalue weighted by Gasteiger charge is 2.95. The minimum atomic E-state index is -8.75. The van der Waals surface area contributed by atoms with Crippen molar-refractivity contribution in [1.82, 2.24) is 0 Å². The number of hydrogen-bond donors (Lipinski definition) is 1. The molecule has 0 spiro atoms. The maximum atomic E-state index is 14.7. The molecule has 3 atom stereocenters. The summed E-state index contributed by atoms with van der Waals surface area (Å²) >= 11 is 0. The van der Waals surface area contributed by atoms with E-state index in [4.69, 9.17) is 9.29 Å². The van der Waals surface area contributed by atoms with E-state index in [9.17, 15) is 87.8 Å². The lowest BCUT2D eigenvalue weighted by molar-refractivity contribution is -0.696. The van der Waals surface area contributed by atoms with E-state index in [2.05, 4.69) is 0 Å². The van der Waals surface area contributed by atoms with Gasteiger partial charge in [0.05, 0.1) is 24.7 Å². The molecule has 3 unspecified atom stereocenters. The van der Waals surface area contributed by atoms with E-state index in [1.807, 2.05) is 13.8 Å². The van der Waals surface area contributed by atoms with Gasteiger partial charge in [-0.05, 0) is 53.7 Å². The molecule has 61 heavy (non-hydrogen) atoms. The van der Waals surface area contributed by atoms with Crippen LogP contribution in [-0.4, -0.2) is 78.9 Å². The van der Waals surface area contributed by atoms with E-state index in [-0.39, 0.29) is 31.7 Å². The minimum Gasteiger partial charge on any atom is -0.465 e. The second-order valence-corrected chi connectivity index (χ2v) is 16.3. The number of esters is 1. The Morgan fingerprint density at radius 3 is 1.57 bits per heavy atom. The van der Waals surface area contributed by atoms with Gasteiger partial charge in [-0.1, -0.05) is 58.4 Å². The third-order valence-electron chi connectivity index (χ3n) is 10.1. The molecule has 1 N–H and O–H groups in total. The molecule has 0 radical (unpaired) electrons. The van der Waals surface area contributed by atoms with E-state index in [0.29, 0.717) is 24.0 Å². The molecule has 2 aromatic rings. The first kappa shape index (κ1) is 53.7. The highest BCUT2D eigenvalue weighted by molar-refractivity contribution is 7.85. The van der Waals surface area contributed by atoms with Crippen LogP contribution >= 0.6 is 0 Å². The first-order valence-corrected chi connectivity index (χ1v) is 20.0. The van der Waals surface area contributed by atoms with Gasteiger partial charge in [-0.2, -0.15) is 83.1 Å². The van der Waals surface area contributed by atoms with Gasteiger partial charge in [0.25, 0.3) is 10.1 Å². The molecule has 1 heterocycles. The number of aryl methyl sites for hydroxylation is 1. The lowest BCUT2D eigenvalue weighted by Crippen LogP contribution is -2.74. The molecule has 1 aromatic heterocycles. The number of aromatic nitrogens is 1. The second-order valence-electron chi connectivity index (χ2n) is 14.7. The van der Waals surface area contributed by atoms with Crippen LogP contribution in [0.1, 0.15) is 101 Å². The Hall–Kier alpha value is -3.44. The largest absolute Gasteiger partial charge is 0.465 e. The fourth-order valence-electron chi connectivity index (χ4n) is 6.44. The third-order valence-corrected chi connectivity index (χ3v) is 10.9. The number of benzene rings is 1. The zero-order valence-corrected chi connectivity index (χ0v) is 33.5. The van der Waals surface area contributed by atoms with Crippen molar-refractivity contribution in [3.05, 3.63) is 65.5 Å². The number of halogens is 17. The first-order chi connectivity index (χ1) is 27.5. The van der Waals surface area contributed by atoms with Gasteiger partial charge in [0, 0.05) is 18.6 Å². The molecule has 0 aliphatic rings. The molecule has 350 valence electrons. The molecular formula is C37H43F17NO5S+. The summed E-state index contributed by atoms with van der Waals surface area (Å²) in [6.07, 6.45) is -6.91. The van der Waals surface area contributed by atoms with Crippen LogP contribution in [-0.2, 0) is 26.2 Å². The zero-order chi connectivity index (χ0) is 47.4. The van der Waals surface area contributed by atoms with Crippen LogP contribution in [0.15, 0.2) is 48.8 Å². The first-order valence-electron chi connectivity index (χ1n) is 18.4. The summed E-state index contributed by atoms with van der Waals surface area (Å²) in [4.78, 5) is 13.7. The monoisotopic (exact) mass is 936 g/mol. The van der Waals surface area contributed by atoms with E-state index < -0.39 is 100 Å². The molecule has 0 saturated carbocycles. The summed E-state index contributed by atoms with van der Waals surface area (Å²) < 4.78 is 272. The smallest absolute Gasteiger partial charge is 0.460 e. The molecule has 0 bridgehead atoms. The summed E-state index contributed by atoms with van der Waals surface area (Å²) in [5, 5.41) is 0. The van der Waals surface area contributed by atoms with Crippen molar-refractivity contribution in [1.29, 1.82) is 0 Å². The van der Waals surface area contributed by atoms with Gasteiger partial charge in [0.1, 0.15) is 6.54 Å². The molecule has 6 nitrogen and oxygen atoms in total. The Bertz CT molecular complexity index is 1850. The van der Waals surface area contributed by atoms with Crippen LogP contribution in [0.2, 0.25) is 0 Å². The average molecular weight is 937 g/mol. The fourth-order valence-corrected chi connectivity index (χ4v) is 6.93. The van der Waals surface area contributed by atoms with Gasteiger partial charge in [-0.25, -0.2) is 4.57 Å². The highest BCUT2D eigenvalue weighted by atomic mass is 32.2. The van der Waals surface area contributed by atoms with Crippen molar-refractivity contribution in [2.75, 3.05) is 12.4 Å². The molecule has 2 rings (SSSR count). The molecule has 0 aliphatic heterocycles. The molecule has 24 heteroatoms. The Morgan fingerprint density at radius 1 is 0.689 bits per heavy atom. The Balaban J connectivity index is 2.49. The minimum absolute atomic E-state index is 0.0251. The number of carbonyl (C=O) groups is 1. The summed E-state index contributed by atoms with van der Waals surface area (Å²) in [6.45, 7) is 5.17. The van der Waals surface area contributed by atoms with Crippen LogP contribution in [0.25, 0.3) is 0 Å². The summed E-state index contributed by atoms with van der Waals surface area (Å²) in [5.74, 6) is -62.1. The highest BCUT2D eigenvalue weighted by Crippen LogP contribution is 2.64. The number of pyridine rings is 1. The van der Waals surface area contributed by atoms with Crippen molar-refractivity contribution in [3.63, 3.8) is 0 Å². The molecular weight excluding hydrogens is 893 g/mol. The van der Waals surface area contributed by atoms with Gasteiger partial charge < -0.3 is 4.74 Å². The lowest BCUT2D eigenvalue weighted by atomic mass is 9.76. The number of ether oxygens (including phenoxy) is 1. The van der Waals surface area contributed by atoms with Crippen molar-refractivity contribution in [2.24, 2.45) is 5.92 Å². The van der Waals surface area contributed by atoms with Crippen molar-refractivity contribution < 1.29 is 102 Å². The number of rotatable bonds is 23. The Morgan fingerprint density at radius 2 is 1.15 bits per heavy atom. The molecule has 0 amide bonds. The predicted octanol–water partition coefficient (Wildman–Crippen LogP) is 11.4. The van der Waals surface area contributed by atoms with Crippen molar-refractivity contribution >= 4 is 16.1 Å². The standard InChI is InChI=1S/C37H42F17NO5S/c1-5-8-26(24-13-17-55(18-14-24)16-7-20-61(57,58)59)21-28(27(6-2)25-11-9-23(10-12-25)22(3)4)29(56)60-19-15-30(38,39)31(40,41)32(42,43)33(44,45)34(46,47)35(48,49)36(50,51)37(52,53)54/h9-14,17-18,22,26-28H,5-8,15-16,19-21H2,1-4H3/p+1. The average Bonchev–Trinajstić information content (AvgIpc) is 3.13. The zero-order valence-electron chi connectivity index (χ0n) is 32.7. The third kappa shape index (κ3) is 11.2. The van der Waals surface area contributed by atoms with E-state index in [1.54, 1.807) is 54.8 Å². The van der Waals surface area contributed by atoms with Gasteiger partial charge >= 0.3 is 53.6 Å². The summed E-state index contributed by atoms with van der Waals surface area (Å²) in [5.41, 5.74) is 1.89. The number of carbonyl (C=O) groups excluding carboxylic acids is 1. The second kappa shape index (κ2) is 19.1. The summed E-state index contributed by atoms with van der Waals surface area (Å²) in [6, 6.07) is 9.84. The number of hydrogen-bond acceptors (Lipinski definition) is 4. The van der Waals surface area contributed by atoms with Crippen molar-refractivity contribution in [3.8, 4) is 0 Å². The van der Waals surface area contributed by atoms with Gasteiger partial charge in [-0.3, -0.25) is 9.35 Å². The molecule has 0 saturated heterocycles. The van der Waals surface area contributed by atoms with Crippen LogP contribution in [0.4, 0.5) is 74.6 Å². The van der Waals surface area contributed by atoms with Crippen molar-refractivity contribution in [2.45, 2.75) is 138 Å². The SMILES string of the molecule is CCCC(CC(C(=O)OCCC(F)(F)C(F)(F)C(F)(F)C(F)(F)C(F)(F)C(F)(F)C(F)(F)C(F)(F)F)C(CC)c1ccc(C(C)C)cc1)c1cc[n+](CCCS(=O)(=O)O)cc1. The van der Waals surface area contributed by atoms with Crippen LogP contribution < -0.4 is 4.57 Å². The Kier molecular flexibility index (Phi) is 16.8. The lowest BCUT2D eigenvalue weighted by Gasteiger charge is -2.42. The topological polar surface area (TPSA) is 84.5 Å². The maximum absolute atomic E-state index is 14.7.